The molecular formula is C19H21N3. The Kier molecular flexibility index (Phi) is 2.80. The van der Waals surface area contributed by atoms with Gasteiger partial charge in [-0.1, -0.05) is 32.0 Å². The molecule has 3 nitrogen and oxygen atoms in total. The van der Waals surface area contributed by atoms with Crippen LogP contribution in [0.3, 0.4) is 0 Å². The summed E-state index contributed by atoms with van der Waals surface area (Å²) in [6.07, 6.45) is 1.91. The number of benzene rings is 1. The summed E-state index contributed by atoms with van der Waals surface area (Å²) in [7, 11) is 4.37. The first-order valence-electron chi connectivity index (χ1n) is 7.86. The van der Waals surface area contributed by atoms with Gasteiger partial charge < -0.3 is 9.80 Å². The molecule has 0 N–H and O–H groups in total. The molecule has 0 radical (unpaired) electrons. The Labute approximate surface area is 131 Å². The van der Waals surface area contributed by atoms with Crippen LogP contribution in [0.25, 0.3) is 0 Å². The molecule has 1 aromatic heterocycles. The van der Waals surface area contributed by atoms with Crippen molar-refractivity contribution in [3.63, 3.8) is 0 Å². The van der Waals surface area contributed by atoms with Crippen molar-refractivity contribution in [2.75, 3.05) is 23.9 Å². The molecular weight excluding hydrogens is 270 g/mol. The molecule has 22 heavy (non-hydrogen) atoms. The van der Waals surface area contributed by atoms with Crippen molar-refractivity contribution in [2.45, 2.75) is 25.7 Å². The van der Waals surface area contributed by atoms with Gasteiger partial charge >= 0.3 is 0 Å². The van der Waals surface area contributed by atoms with E-state index in [2.05, 4.69) is 73.1 Å². The van der Waals surface area contributed by atoms with Crippen LogP contribution in [-0.4, -0.2) is 19.1 Å². The summed E-state index contributed by atoms with van der Waals surface area (Å²) < 4.78 is 0. The number of pyridine rings is 1. The van der Waals surface area contributed by atoms with Crippen molar-refractivity contribution in [1.29, 1.82) is 0 Å². The van der Waals surface area contributed by atoms with Crippen LogP contribution < -0.4 is 9.80 Å². The van der Waals surface area contributed by atoms with Crippen LogP contribution in [0.2, 0.25) is 0 Å². The Bertz CT molecular complexity index is 650. The van der Waals surface area contributed by atoms with Crippen LogP contribution in [0.5, 0.6) is 0 Å². The van der Waals surface area contributed by atoms with E-state index in [0.29, 0.717) is 11.8 Å². The van der Waals surface area contributed by atoms with Gasteiger partial charge in [-0.3, -0.25) is 4.98 Å². The molecule has 0 saturated heterocycles. The minimum Gasteiger partial charge on any atom is -0.344 e. The Balaban J connectivity index is 1.96. The number of fused-ring (bicyclic) bond motifs is 2. The van der Waals surface area contributed by atoms with Crippen LogP contribution >= 0.6 is 0 Å². The number of anilines is 2. The van der Waals surface area contributed by atoms with Crippen LogP contribution in [0, 0.1) is 0 Å². The number of likely N-dealkylation sites (N-methyl/N-ethyl adjacent to an activating group) is 2. The minimum atomic E-state index is 0.309. The molecule has 0 fully saturated rings. The second-order valence-corrected chi connectivity index (χ2v) is 6.30. The van der Waals surface area contributed by atoms with E-state index >= 15 is 0 Å². The molecule has 2 aliphatic rings. The second-order valence-electron chi connectivity index (χ2n) is 6.30. The van der Waals surface area contributed by atoms with Crippen LogP contribution in [0.15, 0.2) is 54.0 Å². The minimum absolute atomic E-state index is 0.309. The molecule has 2 heterocycles. The van der Waals surface area contributed by atoms with Crippen LogP contribution in [-0.2, 0) is 0 Å². The summed E-state index contributed by atoms with van der Waals surface area (Å²) in [6.45, 7) is 4.56. The number of hydrogen-bond donors (Lipinski definition) is 0. The Hall–Kier alpha value is -2.29. The lowest BCUT2D eigenvalue weighted by Gasteiger charge is -2.45. The van der Waals surface area contributed by atoms with Gasteiger partial charge in [0.15, 0.2) is 0 Å². The Morgan fingerprint density at radius 1 is 0.818 bits per heavy atom. The zero-order valence-electron chi connectivity index (χ0n) is 13.5. The predicted molar refractivity (Wildman–Crippen MR) is 91.3 cm³/mol. The summed E-state index contributed by atoms with van der Waals surface area (Å²) >= 11 is 0. The summed E-state index contributed by atoms with van der Waals surface area (Å²) in [5.41, 5.74) is 7.88. The largest absolute Gasteiger partial charge is 0.344 e. The standard InChI is InChI=1S/C19H21N3/c1-12-14-8-7-11-20-17(14)13(2)19-18(12)21(3)15-9-5-6-10-16(15)22(19)4/h5-13H,1-4H3. The van der Waals surface area contributed by atoms with Crippen molar-refractivity contribution in [3.05, 3.63) is 65.2 Å². The van der Waals surface area contributed by atoms with Crippen molar-refractivity contribution < 1.29 is 0 Å². The fourth-order valence-corrected chi connectivity index (χ4v) is 4.09. The average molecular weight is 291 g/mol. The van der Waals surface area contributed by atoms with E-state index in [9.17, 15) is 0 Å². The van der Waals surface area contributed by atoms with Gasteiger partial charge in [-0.2, -0.15) is 0 Å². The summed E-state index contributed by atoms with van der Waals surface area (Å²) in [5, 5.41) is 0. The molecule has 0 bridgehead atoms. The average Bonchev–Trinajstić information content (AvgIpc) is 2.56. The lowest BCUT2D eigenvalue weighted by molar-refractivity contribution is 0.666. The molecule has 1 aliphatic heterocycles. The first-order chi connectivity index (χ1) is 10.6. The van der Waals surface area contributed by atoms with Gasteiger partial charge in [0.2, 0.25) is 0 Å². The van der Waals surface area contributed by atoms with Crippen LogP contribution in [0.1, 0.15) is 36.9 Å². The topological polar surface area (TPSA) is 19.4 Å². The van der Waals surface area contributed by atoms with Gasteiger partial charge in [0.1, 0.15) is 0 Å². The monoisotopic (exact) mass is 291 g/mol. The molecule has 112 valence electrons. The van der Waals surface area contributed by atoms with E-state index in [-0.39, 0.29) is 0 Å². The van der Waals surface area contributed by atoms with Gasteiger partial charge in [0.25, 0.3) is 0 Å². The maximum atomic E-state index is 4.68. The number of para-hydroxylation sites is 2. The number of rotatable bonds is 0. The first-order valence-corrected chi connectivity index (χ1v) is 7.86. The van der Waals surface area contributed by atoms with E-state index in [1.165, 1.54) is 34.0 Å². The second kappa shape index (κ2) is 4.60. The van der Waals surface area contributed by atoms with E-state index in [0.717, 1.165) is 0 Å². The number of hydrogen-bond acceptors (Lipinski definition) is 3. The molecule has 0 amide bonds. The molecule has 2 aromatic rings. The third-order valence-corrected chi connectivity index (χ3v) is 5.16. The highest BCUT2D eigenvalue weighted by Gasteiger charge is 2.38. The zero-order valence-corrected chi connectivity index (χ0v) is 13.5. The maximum absolute atomic E-state index is 4.68. The SMILES string of the molecule is CC1C2=C(C(C)c3ncccc31)N(C)c1ccccc1N2C. The van der Waals surface area contributed by atoms with E-state index in [1.54, 1.807) is 0 Å². The van der Waals surface area contributed by atoms with Gasteiger partial charge in [0.05, 0.1) is 17.1 Å². The van der Waals surface area contributed by atoms with Crippen molar-refractivity contribution >= 4 is 11.4 Å². The van der Waals surface area contributed by atoms with Gasteiger partial charge in [-0.25, -0.2) is 0 Å². The normalized spacial score (nSPS) is 23.1. The molecule has 1 aromatic carbocycles. The quantitative estimate of drug-likeness (QED) is 0.728. The van der Waals surface area contributed by atoms with Gasteiger partial charge in [-0.05, 0) is 23.8 Å². The maximum Gasteiger partial charge on any atom is 0.0647 e. The van der Waals surface area contributed by atoms with Gasteiger partial charge in [0, 0.05) is 43.5 Å². The fourth-order valence-electron chi connectivity index (χ4n) is 4.09. The van der Waals surface area contributed by atoms with E-state index in [4.69, 9.17) is 0 Å². The van der Waals surface area contributed by atoms with Crippen molar-refractivity contribution in [3.8, 4) is 0 Å². The van der Waals surface area contributed by atoms with E-state index < -0.39 is 0 Å². The molecule has 1 aliphatic carbocycles. The summed E-state index contributed by atoms with van der Waals surface area (Å²) in [4.78, 5) is 9.39. The summed E-state index contributed by atoms with van der Waals surface area (Å²) in [5.74, 6) is 0.666. The highest BCUT2D eigenvalue weighted by Crippen LogP contribution is 2.50. The molecule has 0 saturated carbocycles. The molecule has 2 atom stereocenters. The Morgan fingerprint density at radius 2 is 1.41 bits per heavy atom. The van der Waals surface area contributed by atoms with Crippen LogP contribution in [0.4, 0.5) is 11.4 Å². The van der Waals surface area contributed by atoms with Gasteiger partial charge in [-0.15, -0.1) is 0 Å². The number of aromatic nitrogens is 1. The highest BCUT2D eigenvalue weighted by molar-refractivity contribution is 5.80. The van der Waals surface area contributed by atoms with Crippen molar-refractivity contribution in [1.82, 2.24) is 4.98 Å². The molecule has 3 heteroatoms. The lowest BCUT2D eigenvalue weighted by atomic mass is 9.80. The third-order valence-electron chi connectivity index (χ3n) is 5.16. The molecule has 0 spiro atoms. The Morgan fingerprint density at radius 3 is 2.05 bits per heavy atom. The number of allylic oxidation sites excluding steroid dienone is 2. The zero-order chi connectivity index (χ0) is 15.4. The highest BCUT2D eigenvalue weighted by atomic mass is 15.3. The van der Waals surface area contributed by atoms with Crippen molar-refractivity contribution in [2.24, 2.45) is 0 Å². The predicted octanol–water partition coefficient (Wildman–Crippen LogP) is 4.10. The first kappa shape index (κ1) is 13.4. The molecule has 2 unspecified atom stereocenters. The van der Waals surface area contributed by atoms with E-state index in [1.807, 2.05) is 12.3 Å². The molecule has 4 rings (SSSR count). The summed E-state index contributed by atoms with van der Waals surface area (Å²) in [6, 6.07) is 12.9. The fraction of sp³-hybridized carbons (Fsp3) is 0.316. The lowest BCUT2D eigenvalue weighted by Crippen LogP contribution is -2.39. The number of nitrogens with zero attached hydrogens (tertiary/aromatic N) is 3. The third kappa shape index (κ3) is 1.59. The smallest absolute Gasteiger partial charge is 0.0647 e.